The maximum Gasteiger partial charge on any atom is 0.0848 e. The third-order valence-corrected chi connectivity index (χ3v) is 0.834. The summed E-state index contributed by atoms with van der Waals surface area (Å²) in [6.07, 6.45) is 2.47. The van der Waals surface area contributed by atoms with E-state index in [1.807, 2.05) is 6.92 Å². The average Bonchev–Trinajstić information content (AvgIpc) is 1.90. The lowest BCUT2D eigenvalue weighted by Crippen LogP contribution is -1.94. The van der Waals surface area contributed by atoms with Crippen LogP contribution < -0.4 is 0 Å². The summed E-state index contributed by atoms with van der Waals surface area (Å²) in [7, 11) is 0. The van der Waals surface area contributed by atoms with Gasteiger partial charge in [0.15, 0.2) is 0 Å². The van der Waals surface area contributed by atoms with Gasteiger partial charge in [0.1, 0.15) is 0 Å². The fraction of sp³-hybridized carbons (Fsp3) is 0.500. The Hall–Kier alpha value is -1.06. The van der Waals surface area contributed by atoms with Crippen molar-refractivity contribution < 1.29 is 0 Å². The number of aromatic nitrogens is 4. The molecule has 0 aliphatic carbocycles. The average molecular weight is 110 g/mol. The van der Waals surface area contributed by atoms with Crippen LogP contribution in [0.5, 0.6) is 0 Å². The molecule has 0 aromatic carbocycles. The van der Waals surface area contributed by atoms with Gasteiger partial charge in [0, 0.05) is 0 Å². The van der Waals surface area contributed by atoms with Gasteiger partial charge in [0.2, 0.25) is 0 Å². The Kier molecular flexibility index (Phi) is 1.46. The first-order valence-electron chi connectivity index (χ1n) is 2.43. The monoisotopic (exact) mass is 110 g/mol. The van der Waals surface area contributed by atoms with E-state index < -0.39 is 0 Å². The van der Waals surface area contributed by atoms with Crippen molar-refractivity contribution >= 4 is 0 Å². The molecule has 0 spiro atoms. The molecule has 1 heterocycles. The second kappa shape index (κ2) is 2.30. The summed E-state index contributed by atoms with van der Waals surface area (Å²) in [5.41, 5.74) is 0.875. The molecule has 1 aromatic rings. The molecule has 0 radical (unpaired) electrons. The molecule has 0 N–H and O–H groups in total. The quantitative estimate of drug-likeness (QED) is 0.503. The van der Waals surface area contributed by atoms with Crippen molar-refractivity contribution in [3.63, 3.8) is 0 Å². The fourth-order valence-electron chi connectivity index (χ4n) is 0.381. The molecule has 8 heavy (non-hydrogen) atoms. The summed E-state index contributed by atoms with van der Waals surface area (Å²) < 4.78 is 0. The van der Waals surface area contributed by atoms with Gasteiger partial charge in [0.25, 0.3) is 0 Å². The number of hydrogen-bond donors (Lipinski definition) is 0. The molecule has 0 fully saturated rings. The predicted octanol–water partition coefficient (Wildman–Crippen LogP) is -0.171. The Morgan fingerprint density at radius 1 is 1.50 bits per heavy atom. The minimum absolute atomic E-state index is 0.864. The molecule has 1 rings (SSSR count). The molecule has 42 valence electrons. The molecule has 1 aromatic heterocycles. The van der Waals surface area contributed by atoms with E-state index in [2.05, 4.69) is 20.6 Å². The van der Waals surface area contributed by atoms with Gasteiger partial charge in [-0.3, -0.25) is 0 Å². The summed E-state index contributed by atoms with van der Waals surface area (Å²) in [6.45, 7) is 1.99. The first kappa shape index (κ1) is 5.08. The lowest BCUT2D eigenvalue weighted by Gasteiger charge is -1.84. The Balaban J connectivity index is 2.83. The number of hydrogen-bond acceptors (Lipinski definition) is 4. The zero-order valence-corrected chi connectivity index (χ0v) is 4.57. The van der Waals surface area contributed by atoms with Crippen molar-refractivity contribution in [3.8, 4) is 0 Å². The highest BCUT2D eigenvalue weighted by atomic mass is 15.4. The Morgan fingerprint density at radius 2 is 2.38 bits per heavy atom. The normalized spacial score (nSPS) is 9.12. The van der Waals surface area contributed by atoms with Gasteiger partial charge in [-0.05, 0) is 16.8 Å². The minimum Gasteiger partial charge on any atom is -0.135 e. The molecule has 0 saturated carbocycles. The standard InChI is InChI=1S/C4H6N4/c1-2-4-3-5-7-8-6-4/h3H,2H2,1H3. The van der Waals surface area contributed by atoms with Crippen LogP contribution in [-0.4, -0.2) is 20.6 Å². The third-order valence-electron chi connectivity index (χ3n) is 0.834. The third kappa shape index (κ3) is 0.959. The van der Waals surface area contributed by atoms with E-state index in [4.69, 9.17) is 0 Å². The van der Waals surface area contributed by atoms with Crippen molar-refractivity contribution in [1.29, 1.82) is 0 Å². The van der Waals surface area contributed by atoms with Gasteiger partial charge in [-0.25, -0.2) is 0 Å². The van der Waals surface area contributed by atoms with E-state index in [0.717, 1.165) is 12.1 Å². The van der Waals surface area contributed by atoms with Crippen LogP contribution in [0.15, 0.2) is 6.20 Å². The molecule has 0 amide bonds. The summed E-state index contributed by atoms with van der Waals surface area (Å²) in [6, 6.07) is 0. The van der Waals surface area contributed by atoms with E-state index in [-0.39, 0.29) is 0 Å². The van der Waals surface area contributed by atoms with E-state index in [1.54, 1.807) is 6.20 Å². The lowest BCUT2D eigenvalue weighted by molar-refractivity contribution is 0.726. The number of rotatable bonds is 1. The largest absolute Gasteiger partial charge is 0.135 e. The molecule has 0 atom stereocenters. The number of nitrogens with zero attached hydrogens (tertiary/aromatic N) is 4. The first-order chi connectivity index (χ1) is 3.93. The second-order valence-electron chi connectivity index (χ2n) is 1.37. The van der Waals surface area contributed by atoms with Crippen LogP contribution in [0.25, 0.3) is 0 Å². The van der Waals surface area contributed by atoms with Crippen molar-refractivity contribution in [1.82, 2.24) is 20.6 Å². The lowest BCUT2D eigenvalue weighted by atomic mass is 10.4. The summed E-state index contributed by atoms with van der Waals surface area (Å²) in [5, 5.41) is 13.8. The molecule has 0 aliphatic heterocycles. The molecule has 4 nitrogen and oxygen atoms in total. The van der Waals surface area contributed by atoms with Gasteiger partial charge < -0.3 is 0 Å². The van der Waals surface area contributed by atoms with Gasteiger partial charge >= 0.3 is 0 Å². The summed E-state index contributed by atoms with van der Waals surface area (Å²) in [4.78, 5) is 0. The van der Waals surface area contributed by atoms with E-state index in [1.165, 1.54) is 0 Å². The molecule has 0 saturated heterocycles. The molecule has 0 unspecified atom stereocenters. The zero-order chi connectivity index (χ0) is 5.82. The van der Waals surface area contributed by atoms with Crippen LogP contribution >= 0.6 is 0 Å². The van der Waals surface area contributed by atoms with Crippen molar-refractivity contribution in [2.75, 3.05) is 0 Å². The highest BCUT2D eigenvalue weighted by Crippen LogP contribution is 1.84. The number of aryl methyl sites for hydroxylation is 1. The maximum atomic E-state index is 3.67. The first-order valence-corrected chi connectivity index (χ1v) is 2.43. The van der Waals surface area contributed by atoms with Crippen LogP contribution in [-0.2, 0) is 6.42 Å². The maximum absolute atomic E-state index is 3.67. The van der Waals surface area contributed by atoms with Crippen LogP contribution in [0.3, 0.4) is 0 Å². The predicted molar refractivity (Wildman–Crippen MR) is 27.0 cm³/mol. The molecule has 0 bridgehead atoms. The smallest absolute Gasteiger partial charge is 0.0848 e. The van der Waals surface area contributed by atoms with Crippen molar-refractivity contribution in [2.45, 2.75) is 13.3 Å². The summed E-state index contributed by atoms with van der Waals surface area (Å²) >= 11 is 0. The van der Waals surface area contributed by atoms with Crippen LogP contribution in [0.4, 0.5) is 0 Å². The van der Waals surface area contributed by atoms with Gasteiger partial charge in [-0.15, -0.1) is 10.2 Å². The van der Waals surface area contributed by atoms with Gasteiger partial charge in [0.05, 0.1) is 11.9 Å². The van der Waals surface area contributed by atoms with Crippen LogP contribution in [0.1, 0.15) is 12.6 Å². The Labute approximate surface area is 46.9 Å². The van der Waals surface area contributed by atoms with Crippen LogP contribution in [0, 0.1) is 0 Å². The molecule has 4 heteroatoms. The van der Waals surface area contributed by atoms with E-state index in [9.17, 15) is 0 Å². The molecular formula is C4H6N4. The Bertz CT molecular complexity index is 149. The highest BCUT2D eigenvalue weighted by molar-refractivity contribution is 4.86. The highest BCUT2D eigenvalue weighted by Gasteiger charge is 1.85. The van der Waals surface area contributed by atoms with E-state index in [0.29, 0.717) is 0 Å². The topological polar surface area (TPSA) is 51.6 Å². The minimum atomic E-state index is 0.864. The SMILES string of the molecule is CCc1cnnnn1. The van der Waals surface area contributed by atoms with Gasteiger partial charge in [-0.2, -0.15) is 0 Å². The second-order valence-corrected chi connectivity index (χ2v) is 1.37. The molecular weight excluding hydrogens is 104 g/mol. The van der Waals surface area contributed by atoms with Gasteiger partial charge in [-0.1, -0.05) is 6.92 Å². The van der Waals surface area contributed by atoms with E-state index >= 15 is 0 Å². The summed E-state index contributed by atoms with van der Waals surface area (Å²) in [5.74, 6) is 0. The van der Waals surface area contributed by atoms with Crippen LogP contribution in [0.2, 0.25) is 0 Å². The fourth-order valence-corrected chi connectivity index (χ4v) is 0.381. The zero-order valence-electron chi connectivity index (χ0n) is 4.57. The van der Waals surface area contributed by atoms with Crippen molar-refractivity contribution in [3.05, 3.63) is 11.9 Å². The Morgan fingerprint density at radius 3 is 2.75 bits per heavy atom. The molecule has 0 aliphatic rings. The van der Waals surface area contributed by atoms with Crippen molar-refractivity contribution in [2.24, 2.45) is 0 Å².